The Hall–Kier alpha value is -1.63. The van der Waals surface area contributed by atoms with Gasteiger partial charge in [0, 0.05) is 15.3 Å². The van der Waals surface area contributed by atoms with Crippen molar-refractivity contribution in [3.8, 4) is 5.75 Å². The van der Waals surface area contributed by atoms with Crippen LogP contribution in [0.5, 0.6) is 5.75 Å². The van der Waals surface area contributed by atoms with E-state index >= 15 is 0 Å². The van der Waals surface area contributed by atoms with Crippen LogP contribution in [0.15, 0.2) is 34.9 Å². The van der Waals surface area contributed by atoms with Crippen LogP contribution in [0, 0.1) is 10.7 Å². The summed E-state index contributed by atoms with van der Waals surface area (Å²) in [5, 5.41) is 0.457. The summed E-state index contributed by atoms with van der Waals surface area (Å²) >= 11 is 10.3. The summed E-state index contributed by atoms with van der Waals surface area (Å²) in [7, 11) is 0. The molecule has 0 heterocycles. The third-order valence-corrected chi connectivity index (χ3v) is 7.37. The maximum atomic E-state index is 14.7. The molecular weight excluding hydrogens is 424 g/mol. The monoisotopic (exact) mass is 441 g/mol. The molecule has 2 aromatic carbocycles. The highest BCUT2D eigenvalue weighted by Crippen LogP contribution is 2.50. The second kappa shape index (κ2) is 8.01. The number of benzene rings is 2. The lowest BCUT2D eigenvalue weighted by Crippen LogP contribution is -2.09. The molecule has 2 aliphatic rings. The number of ether oxygens (including phenoxy) is 1. The number of carbonyl (C=O) groups is 1. The van der Waals surface area contributed by atoms with E-state index in [9.17, 15) is 14.1 Å². The van der Waals surface area contributed by atoms with Crippen molar-refractivity contribution in [2.24, 2.45) is 4.58 Å². The van der Waals surface area contributed by atoms with Crippen LogP contribution in [-0.4, -0.2) is 10.4 Å². The van der Waals surface area contributed by atoms with Crippen LogP contribution in [0.4, 0.5) is 4.39 Å². The molecule has 2 saturated carbocycles. The van der Waals surface area contributed by atoms with E-state index in [-0.39, 0.29) is 23.3 Å². The van der Waals surface area contributed by atoms with E-state index in [0.717, 1.165) is 31.2 Å². The predicted molar refractivity (Wildman–Crippen MR) is 111 cm³/mol. The Labute approximate surface area is 174 Å². The van der Waals surface area contributed by atoms with Gasteiger partial charge in [-0.15, -0.1) is 4.91 Å². The van der Waals surface area contributed by atoms with Gasteiger partial charge in [0.1, 0.15) is 18.2 Å². The van der Waals surface area contributed by atoms with Gasteiger partial charge in [-0.25, -0.2) is 4.39 Å². The van der Waals surface area contributed by atoms with Crippen molar-refractivity contribution < 1.29 is 13.9 Å². The van der Waals surface area contributed by atoms with Crippen molar-refractivity contribution >= 4 is 39.4 Å². The Morgan fingerprint density at radius 1 is 1.11 bits per heavy atom. The minimum Gasteiger partial charge on any atom is -0.489 e. The van der Waals surface area contributed by atoms with Crippen molar-refractivity contribution in [1.82, 2.24) is 0 Å². The van der Waals surface area contributed by atoms with Crippen LogP contribution < -0.4 is 4.74 Å². The Kier molecular flexibility index (Phi) is 5.63. The molecule has 8 heteroatoms. The summed E-state index contributed by atoms with van der Waals surface area (Å²) in [5.74, 6) is 0.140. The maximum Gasteiger partial charge on any atom is 0.224 e. The van der Waals surface area contributed by atoms with E-state index in [1.54, 1.807) is 24.3 Å². The van der Waals surface area contributed by atoms with Crippen molar-refractivity contribution in [3.63, 3.8) is 0 Å². The van der Waals surface area contributed by atoms with Gasteiger partial charge in [0.2, 0.25) is 5.12 Å². The van der Waals surface area contributed by atoms with Crippen LogP contribution in [0.3, 0.4) is 0 Å². The van der Waals surface area contributed by atoms with E-state index in [0.29, 0.717) is 21.4 Å². The molecule has 1 unspecified atom stereocenters. The molecule has 4 rings (SSSR count). The second-order valence-corrected chi connectivity index (χ2v) is 10.0. The molecule has 148 valence electrons. The van der Waals surface area contributed by atoms with Crippen molar-refractivity contribution in [3.05, 3.63) is 67.8 Å². The second-order valence-electron chi connectivity index (χ2n) is 7.16. The van der Waals surface area contributed by atoms with Crippen LogP contribution >= 0.6 is 34.3 Å². The smallest absolute Gasteiger partial charge is 0.224 e. The summed E-state index contributed by atoms with van der Waals surface area (Å²) in [6, 6.07) is 7.82. The molecule has 0 spiro atoms. The molecule has 0 aromatic heterocycles. The van der Waals surface area contributed by atoms with Gasteiger partial charge in [-0.2, -0.15) is 0 Å². The van der Waals surface area contributed by atoms with Gasteiger partial charge < -0.3 is 4.74 Å². The number of rotatable bonds is 7. The van der Waals surface area contributed by atoms with E-state index in [4.69, 9.17) is 27.9 Å². The molecule has 2 aromatic rings. The van der Waals surface area contributed by atoms with Gasteiger partial charge in [-0.05, 0) is 88.7 Å². The first-order chi connectivity index (χ1) is 13.5. The third kappa shape index (κ3) is 4.34. The highest BCUT2D eigenvalue weighted by atomic mass is 35.5. The van der Waals surface area contributed by atoms with Crippen LogP contribution in [0.2, 0.25) is 10.0 Å². The van der Waals surface area contributed by atoms with Gasteiger partial charge in [-0.3, -0.25) is 4.79 Å². The zero-order chi connectivity index (χ0) is 19.8. The first kappa shape index (κ1) is 19.7. The average molecular weight is 442 g/mol. The standard InChI is InChI=1S/C20H18Cl2FNO3S/c21-13-6-14(22)8-15(7-13)27-10-12-5-19(23)18(9-17(12)11-1-2-11)20(25)28(24-26)16-3-4-16/h5-9,11,16,28H,1-4,10H2. The highest BCUT2D eigenvalue weighted by molar-refractivity contribution is 8.29. The van der Waals surface area contributed by atoms with Gasteiger partial charge in [0.15, 0.2) is 0 Å². The fourth-order valence-corrected chi connectivity index (χ4v) is 5.28. The van der Waals surface area contributed by atoms with E-state index in [1.807, 2.05) is 0 Å². The summed E-state index contributed by atoms with van der Waals surface area (Å²) in [6.45, 7) is 0.136. The largest absolute Gasteiger partial charge is 0.489 e. The van der Waals surface area contributed by atoms with Gasteiger partial charge in [0.25, 0.3) is 0 Å². The topological polar surface area (TPSA) is 55.7 Å². The number of halogens is 3. The van der Waals surface area contributed by atoms with Gasteiger partial charge >= 0.3 is 0 Å². The Balaban J connectivity index is 1.60. The number of thiol groups is 1. The zero-order valence-electron chi connectivity index (χ0n) is 14.8. The Bertz CT molecular complexity index is 927. The Morgan fingerprint density at radius 3 is 2.36 bits per heavy atom. The fourth-order valence-electron chi connectivity index (χ4n) is 3.18. The predicted octanol–water partition coefficient (Wildman–Crippen LogP) is 6.57. The molecule has 0 bridgehead atoms. The van der Waals surface area contributed by atoms with E-state index in [2.05, 4.69) is 4.58 Å². The molecule has 0 amide bonds. The van der Waals surface area contributed by atoms with E-state index in [1.165, 1.54) is 6.07 Å². The van der Waals surface area contributed by atoms with E-state index < -0.39 is 22.0 Å². The maximum absolute atomic E-state index is 14.7. The van der Waals surface area contributed by atoms with Crippen LogP contribution in [-0.2, 0) is 6.61 Å². The number of nitrogens with zero attached hydrogens (tertiary/aromatic N) is 1. The third-order valence-electron chi connectivity index (χ3n) is 4.90. The summed E-state index contributed by atoms with van der Waals surface area (Å²) < 4.78 is 23.5. The van der Waals surface area contributed by atoms with Crippen LogP contribution in [0.25, 0.3) is 0 Å². The fraction of sp³-hybridized carbons (Fsp3) is 0.350. The lowest BCUT2D eigenvalue weighted by atomic mass is 10.0. The van der Waals surface area contributed by atoms with Gasteiger partial charge in [-0.1, -0.05) is 23.2 Å². The lowest BCUT2D eigenvalue weighted by molar-refractivity contribution is 0.108. The highest BCUT2D eigenvalue weighted by Gasteiger charge is 2.37. The quantitative estimate of drug-likeness (QED) is 0.390. The first-order valence-electron chi connectivity index (χ1n) is 9.04. The average Bonchev–Trinajstić information content (AvgIpc) is 3.52. The normalized spacial score (nSPS) is 17.9. The van der Waals surface area contributed by atoms with Crippen LogP contribution in [0.1, 0.15) is 53.1 Å². The molecule has 2 aliphatic carbocycles. The molecule has 0 saturated heterocycles. The SMILES string of the molecule is O=N[SH](C(=O)c1cc(C2CC2)c(COc2cc(Cl)cc(Cl)c2)cc1F)C1CC1. The molecule has 0 aliphatic heterocycles. The summed E-state index contributed by atoms with van der Waals surface area (Å²) in [5.41, 5.74) is 1.56. The Morgan fingerprint density at radius 2 is 1.79 bits per heavy atom. The molecule has 28 heavy (non-hydrogen) atoms. The molecule has 2 fully saturated rings. The number of hydrogen-bond donors (Lipinski definition) is 1. The van der Waals surface area contributed by atoms with Gasteiger partial charge in [0.05, 0.1) is 5.56 Å². The number of carbonyl (C=O) groups excluding carboxylic acids is 1. The number of nitroso groups, excluding NO2 is 1. The molecule has 0 N–H and O–H groups in total. The first-order valence-corrected chi connectivity index (χ1v) is 11.2. The van der Waals surface area contributed by atoms with Crippen molar-refractivity contribution in [2.75, 3.05) is 0 Å². The molecule has 1 atom stereocenters. The van der Waals surface area contributed by atoms with Crippen molar-refractivity contribution in [1.29, 1.82) is 0 Å². The summed E-state index contributed by atoms with van der Waals surface area (Å²) in [6.07, 6.45) is 3.60. The minimum atomic E-state index is -1.70. The zero-order valence-corrected chi connectivity index (χ0v) is 17.2. The molecular formula is C20H18Cl2FNO3S. The lowest BCUT2D eigenvalue weighted by Gasteiger charge is -2.16. The minimum absolute atomic E-state index is 0.0133. The molecule has 4 nitrogen and oxygen atoms in total. The number of hydrogen-bond acceptors (Lipinski definition) is 4. The summed E-state index contributed by atoms with van der Waals surface area (Å²) in [4.78, 5) is 23.8. The van der Waals surface area contributed by atoms with Crippen molar-refractivity contribution in [2.45, 2.75) is 43.5 Å². The molecule has 0 radical (unpaired) electrons.